The van der Waals surface area contributed by atoms with Gasteiger partial charge >= 0.3 is 0 Å². The maximum atomic E-state index is 9.65. The summed E-state index contributed by atoms with van der Waals surface area (Å²) in [7, 11) is 2.10. The highest BCUT2D eigenvalue weighted by molar-refractivity contribution is 5.83. The van der Waals surface area contributed by atoms with E-state index in [0.29, 0.717) is 6.61 Å². The van der Waals surface area contributed by atoms with E-state index in [1.54, 1.807) is 0 Å². The summed E-state index contributed by atoms with van der Waals surface area (Å²) in [5, 5.41) is 14.5. The average molecular weight is 272 g/mol. The number of nitrogens with zero attached hydrogens (tertiary/aromatic N) is 1. The highest BCUT2D eigenvalue weighted by Crippen LogP contribution is 2.37. The Kier molecular flexibility index (Phi) is 3.81. The van der Waals surface area contributed by atoms with Crippen molar-refractivity contribution in [3.63, 3.8) is 0 Å². The van der Waals surface area contributed by atoms with Gasteiger partial charge in [0.15, 0.2) is 0 Å². The first-order valence-corrected chi connectivity index (χ1v) is 7.59. The standard InChI is InChI=1S/C17H24N2O/c1-19-11-14(15-6-2-3-7-16(15)19)10-18-12-17(13-20)8-4-5-9-17/h2-3,6-7,11,18,20H,4-5,8-10,12-13H2,1H3. The topological polar surface area (TPSA) is 37.2 Å². The van der Waals surface area contributed by atoms with Crippen molar-refractivity contribution in [1.82, 2.24) is 9.88 Å². The number of fused-ring (bicyclic) bond motifs is 1. The molecule has 0 unspecified atom stereocenters. The molecule has 20 heavy (non-hydrogen) atoms. The van der Waals surface area contributed by atoms with E-state index in [1.165, 1.54) is 29.3 Å². The van der Waals surface area contributed by atoms with Gasteiger partial charge in [0, 0.05) is 49.3 Å². The van der Waals surface area contributed by atoms with E-state index in [9.17, 15) is 5.11 Å². The maximum absolute atomic E-state index is 9.65. The molecule has 1 saturated carbocycles. The molecule has 3 nitrogen and oxygen atoms in total. The minimum absolute atomic E-state index is 0.130. The molecule has 1 heterocycles. The summed E-state index contributed by atoms with van der Waals surface area (Å²) >= 11 is 0. The van der Waals surface area contributed by atoms with Crippen molar-refractivity contribution in [3.05, 3.63) is 36.0 Å². The van der Waals surface area contributed by atoms with Crippen LogP contribution in [0.2, 0.25) is 0 Å². The molecule has 0 atom stereocenters. The van der Waals surface area contributed by atoms with E-state index in [0.717, 1.165) is 25.9 Å². The summed E-state index contributed by atoms with van der Waals surface area (Å²) in [5.41, 5.74) is 2.75. The minimum atomic E-state index is 0.130. The van der Waals surface area contributed by atoms with Crippen LogP contribution in [0.1, 0.15) is 31.2 Å². The van der Waals surface area contributed by atoms with Crippen LogP contribution in [-0.4, -0.2) is 22.8 Å². The highest BCUT2D eigenvalue weighted by Gasteiger charge is 2.32. The molecule has 0 bridgehead atoms. The molecule has 0 spiro atoms. The lowest BCUT2D eigenvalue weighted by Crippen LogP contribution is -2.34. The molecule has 2 aromatic rings. The predicted octanol–water partition coefficient (Wildman–Crippen LogP) is 2.82. The Morgan fingerprint density at radius 2 is 2.00 bits per heavy atom. The molecular formula is C17H24N2O. The van der Waals surface area contributed by atoms with Gasteiger partial charge in [-0.1, -0.05) is 31.0 Å². The summed E-state index contributed by atoms with van der Waals surface area (Å²) in [6.07, 6.45) is 7.04. The van der Waals surface area contributed by atoms with Gasteiger partial charge in [0.25, 0.3) is 0 Å². The third-order valence-electron chi connectivity index (χ3n) is 4.79. The van der Waals surface area contributed by atoms with Crippen LogP contribution in [0.4, 0.5) is 0 Å². The second-order valence-corrected chi connectivity index (χ2v) is 6.25. The third kappa shape index (κ3) is 2.48. The van der Waals surface area contributed by atoms with Crippen LogP contribution in [-0.2, 0) is 13.6 Å². The average Bonchev–Trinajstić information content (AvgIpc) is 3.06. The smallest absolute Gasteiger partial charge is 0.0499 e. The second-order valence-electron chi connectivity index (χ2n) is 6.25. The number of para-hydroxylation sites is 1. The number of nitrogens with one attached hydrogen (secondary N) is 1. The summed E-state index contributed by atoms with van der Waals surface area (Å²) in [4.78, 5) is 0. The highest BCUT2D eigenvalue weighted by atomic mass is 16.3. The Bertz CT molecular complexity index is 582. The van der Waals surface area contributed by atoms with Crippen LogP contribution >= 0.6 is 0 Å². The Labute approximate surface area is 120 Å². The molecule has 0 amide bonds. The molecule has 2 N–H and O–H groups in total. The zero-order chi connectivity index (χ0) is 14.0. The number of aromatic nitrogens is 1. The van der Waals surface area contributed by atoms with E-state index < -0.39 is 0 Å². The first kappa shape index (κ1) is 13.7. The van der Waals surface area contributed by atoms with E-state index in [1.807, 2.05) is 0 Å². The zero-order valence-corrected chi connectivity index (χ0v) is 12.2. The fourth-order valence-corrected chi connectivity index (χ4v) is 3.54. The molecule has 108 valence electrons. The van der Waals surface area contributed by atoms with Crippen LogP contribution in [0.5, 0.6) is 0 Å². The largest absolute Gasteiger partial charge is 0.396 e. The fourth-order valence-electron chi connectivity index (χ4n) is 3.54. The van der Waals surface area contributed by atoms with Gasteiger partial charge in [-0.15, -0.1) is 0 Å². The van der Waals surface area contributed by atoms with Crippen molar-refractivity contribution in [1.29, 1.82) is 0 Å². The normalized spacial score (nSPS) is 17.9. The predicted molar refractivity (Wildman–Crippen MR) is 82.6 cm³/mol. The van der Waals surface area contributed by atoms with E-state index in [2.05, 4.69) is 47.4 Å². The van der Waals surface area contributed by atoms with Crippen molar-refractivity contribution < 1.29 is 5.11 Å². The summed E-state index contributed by atoms with van der Waals surface area (Å²) in [6.45, 7) is 2.12. The molecule has 0 saturated heterocycles. The fraction of sp³-hybridized carbons (Fsp3) is 0.529. The van der Waals surface area contributed by atoms with Crippen LogP contribution in [0, 0.1) is 5.41 Å². The molecule has 1 fully saturated rings. The first-order chi connectivity index (χ1) is 9.74. The minimum Gasteiger partial charge on any atom is -0.396 e. The lowest BCUT2D eigenvalue weighted by Gasteiger charge is -2.26. The number of aryl methyl sites for hydroxylation is 1. The number of hydrogen-bond acceptors (Lipinski definition) is 2. The molecule has 0 radical (unpaired) electrons. The Morgan fingerprint density at radius 1 is 1.25 bits per heavy atom. The van der Waals surface area contributed by atoms with Gasteiger partial charge < -0.3 is 15.0 Å². The Hall–Kier alpha value is -1.32. The van der Waals surface area contributed by atoms with Crippen LogP contribution in [0.25, 0.3) is 10.9 Å². The van der Waals surface area contributed by atoms with Crippen LogP contribution in [0.15, 0.2) is 30.5 Å². The van der Waals surface area contributed by atoms with Crippen molar-refractivity contribution in [2.45, 2.75) is 32.2 Å². The van der Waals surface area contributed by atoms with E-state index in [4.69, 9.17) is 0 Å². The SMILES string of the molecule is Cn1cc(CNCC2(CO)CCCC2)c2ccccc21. The van der Waals surface area contributed by atoms with Gasteiger partial charge in [-0.25, -0.2) is 0 Å². The molecule has 0 aliphatic heterocycles. The second kappa shape index (κ2) is 5.58. The Balaban J connectivity index is 1.68. The van der Waals surface area contributed by atoms with Gasteiger partial charge in [0.2, 0.25) is 0 Å². The molecule has 1 aromatic carbocycles. The van der Waals surface area contributed by atoms with E-state index >= 15 is 0 Å². The number of rotatable bonds is 5. The zero-order valence-electron chi connectivity index (χ0n) is 12.2. The number of benzene rings is 1. The first-order valence-electron chi connectivity index (χ1n) is 7.59. The third-order valence-corrected chi connectivity index (χ3v) is 4.79. The molecule has 1 aliphatic rings. The molecule has 3 rings (SSSR count). The lowest BCUT2D eigenvalue weighted by atomic mass is 9.87. The van der Waals surface area contributed by atoms with Crippen LogP contribution in [0.3, 0.4) is 0 Å². The monoisotopic (exact) mass is 272 g/mol. The maximum Gasteiger partial charge on any atom is 0.0499 e. The van der Waals surface area contributed by atoms with E-state index in [-0.39, 0.29) is 5.41 Å². The van der Waals surface area contributed by atoms with Gasteiger partial charge in [0.1, 0.15) is 0 Å². The Morgan fingerprint density at radius 3 is 2.75 bits per heavy atom. The lowest BCUT2D eigenvalue weighted by molar-refractivity contribution is 0.128. The molecular weight excluding hydrogens is 248 g/mol. The van der Waals surface area contributed by atoms with Crippen molar-refractivity contribution in [2.24, 2.45) is 12.5 Å². The van der Waals surface area contributed by atoms with Crippen LogP contribution < -0.4 is 5.32 Å². The van der Waals surface area contributed by atoms with Gasteiger partial charge in [0.05, 0.1) is 0 Å². The molecule has 1 aromatic heterocycles. The number of aliphatic hydroxyl groups is 1. The summed E-state index contributed by atoms with van der Waals surface area (Å²) in [5.74, 6) is 0. The van der Waals surface area contributed by atoms with Crippen molar-refractivity contribution >= 4 is 10.9 Å². The number of hydrogen-bond donors (Lipinski definition) is 2. The van der Waals surface area contributed by atoms with Gasteiger partial charge in [-0.3, -0.25) is 0 Å². The van der Waals surface area contributed by atoms with Gasteiger partial charge in [-0.2, -0.15) is 0 Å². The van der Waals surface area contributed by atoms with Gasteiger partial charge in [-0.05, 0) is 24.5 Å². The molecule has 3 heteroatoms. The summed E-state index contributed by atoms with van der Waals surface area (Å²) in [6, 6.07) is 8.52. The molecule has 1 aliphatic carbocycles. The quantitative estimate of drug-likeness (QED) is 0.878. The van der Waals surface area contributed by atoms with Crippen molar-refractivity contribution in [2.75, 3.05) is 13.2 Å². The summed E-state index contributed by atoms with van der Waals surface area (Å²) < 4.78 is 2.18. The number of aliphatic hydroxyl groups excluding tert-OH is 1. The van der Waals surface area contributed by atoms with Crippen molar-refractivity contribution in [3.8, 4) is 0 Å².